The van der Waals surface area contributed by atoms with Crippen molar-refractivity contribution in [2.45, 2.75) is 25.2 Å². The number of amides is 1. The first kappa shape index (κ1) is 15.8. The molecule has 1 aromatic carbocycles. The molecule has 3 heterocycles. The van der Waals surface area contributed by atoms with Crippen molar-refractivity contribution in [1.29, 1.82) is 0 Å². The third kappa shape index (κ3) is 2.76. The quantitative estimate of drug-likeness (QED) is 0.875. The van der Waals surface area contributed by atoms with Gasteiger partial charge in [0.25, 0.3) is 0 Å². The van der Waals surface area contributed by atoms with Crippen molar-refractivity contribution >= 4 is 40.2 Å². The van der Waals surface area contributed by atoms with Crippen LogP contribution >= 0.6 is 22.9 Å². The summed E-state index contributed by atoms with van der Waals surface area (Å²) in [4.78, 5) is 15.7. The van der Waals surface area contributed by atoms with Crippen molar-refractivity contribution < 1.29 is 9.53 Å². The molecule has 2 aliphatic heterocycles. The second-order valence-corrected chi connectivity index (χ2v) is 8.00. The highest BCUT2D eigenvalue weighted by Crippen LogP contribution is 2.45. The van der Waals surface area contributed by atoms with Crippen molar-refractivity contribution in [3.8, 4) is 5.75 Å². The first-order chi connectivity index (χ1) is 11.7. The zero-order chi connectivity index (χ0) is 16.7. The Labute approximate surface area is 150 Å². The van der Waals surface area contributed by atoms with Crippen LogP contribution in [0.1, 0.15) is 35.6 Å². The van der Waals surface area contributed by atoms with Crippen LogP contribution in [0.15, 0.2) is 24.3 Å². The summed E-state index contributed by atoms with van der Waals surface area (Å²) in [7, 11) is 1.68. The van der Waals surface area contributed by atoms with E-state index in [1.54, 1.807) is 18.4 Å². The Morgan fingerprint density at radius 2 is 2.08 bits per heavy atom. The van der Waals surface area contributed by atoms with Gasteiger partial charge in [-0.05, 0) is 36.6 Å². The molecule has 126 valence electrons. The third-order valence-electron chi connectivity index (χ3n) is 4.77. The van der Waals surface area contributed by atoms with Gasteiger partial charge in [0.05, 0.1) is 17.1 Å². The molecule has 1 amide bonds. The number of ether oxygens (including phenoxy) is 1. The average Bonchev–Trinajstić information content (AvgIpc) is 3.24. The van der Waals surface area contributed by atoms with Crippen LogP contribution < -0.4 is 15.0 Å². The van der Waals surface area contributed by atoms with Crippen LogP contribution in [-0.2, 0) is 4.79 Å². The maximum Gasteiger partial charge on any atom is 0.225 e. The van der Waals surface area contributed by atoms with Gasteiger partial charge in [-0.25, -0.2) is 0 Å². The number of benzene rings is 1. The van der Waals surface area contributed by atoms with Crippen molar-refractivity contribution in [3.05, 3.63) is 39.0 Å². The van der Waals surface area contributed by atoms with E-state index >= 15 is 0 Å². The van der Waals surface area contributed by atoms with E-state index in [9.17, 15) is 4.79 Å². The van der Waals surface area contributed by atoms with Gasteiger partial charge >= 0.3 is 0 Å². The number of anilines is 2. The number of thiophene rings is 1. The SMILES string of the molecule is COc1cc2c(cc1N1CCCC1)C(c1ccc(Cl)s1)CC(=O)N2. The molecule has 0 saturated carbocycles. The molecule has 0 bridgehead atoms. The van der Waals surface area contributed by atoms with Crippen LogP contribution in [0.5, 0.6) is 5.75 Å². The highest BCUT2D eigenvalue weighted by molar-refractivity contribution is 7.16. The van der Waals surface area contributed by atoms with Gasteiger partial charge in [-0.15, -0.1) is 11.3 Å². The Morgan fingerprint density at radius 1 is 1.29 bits per heavy atom. The number of hydrogen-bond donors (Lipinski definition) is 1. The normalized spacial score (nSPS) is 20.0. The Hall–Kier alpha value is -1.72. The molecule has 4 nitrogen and oxygen atoms in total. The highest BCUT2D eigenvalue weighted by atomic mass is 35.5. The summed E-state index contributed by atoms with van der Waals surface area (Å²) >= 11 is 7.66. The van der Waals surface area contributed by atoms with E-state index in [0.29, 0.717) is 6.42 Å². The van der Waals surface area contributed by atoms with Gasteiger partial charge in [0.1, 0.15) is 5.75 Å². The van der Waals surface area contributed by atoms with Gasteiger partial charge in [0.2, 0.25) is 5.91 Å². The largest absolute Gasteiger partial charge is 0.495 e. The molecule has 2 aromatic rings. The minimum absolute atomic E-state index is 0.0352. The number of fused-ring (bicyclic) bond motifs is 1. The standard InChI is InChI=1S/C18H19ClN2O2S/c1-23-15-10-13-11(8-14(15)21-6-2-3-7-21)12(9-18(22)20-13)16-4-5-17(19)24-16/h4-5,8,10,12H,2-3,6-7,9H2,1H3,(H,20,22). The molecule has 4 rings (SSSR count). The van der Waals surface area contributed by atoms with Gasteiger partial charge in [-0.1, -0.05) is 11.6 Å². The molecule has 6 heteroatoms. The molecule has 0 radical (unpaired) electrons. The minimum Gasteiger partial charge on any atom is -0.495 e. The number of halogens is 1. The lowest BCUT2D eigenvalue weighted by Crippen LogP contribution is -2.25. The molecule has 0 spiro atoms. The lowest BCUT2D eigenvalue weighted by atomic mass is 9.88. The minimum atomic E-state index is 0.0352. The molecule has 1 saturated heterocycles. The van der Waals surface area contributed by atoms with Crippen LogP contribution in [0, 0.1) is 0 Å². The van der Waals surface area contributed by atoms with Gasteiger partial charge < -0.3 is 15.0 Å². The topological polar surface area (TPSA) is 41.6 Å². The second-order valence-electron chi connectivity index (χ2n) is 6.25. The van der Waals surface area contributed by atoms with Crippen LogP contribution in [0.4, 0.5) is 11.4 Å². The van der Waals surface area contributed by atoms with Gasteiger partial charge in [-0.2, -0.15) is 0 Å². The summed E-state index contributed by atoms with van der Waals surface area (Å²) < 4.78 is 6.35. The predicted octanol–water partition coefficient (Wildman–Crippen LogP) is 4.48. The number of nitrogens with one attached hydrogen (secondary N) is 1. The van der Waals surface area contributed by atoms with E-state index in [1.165, 1.54) is 12.8 Å². The number of carbonyl (C=O) groups excluding carboxylic acids is 1. The Balaban J connectivity index is 1.82. The van der Waals surface area contributed by atoms with E-state index in [1.807, 2.05) is 18.2 Å². The van der Waals surface area contributed by atoms with Crippen molar-refractivity contribution in [3.63, 3.8) is 0 Å². The highest BCUT2D eigenvalue weighted by Gasteiger charge is 2.30. The molecule has 1 atom stereocenters. The van der Waals surface area contributed by atoms with E-state index < -0.39 is 0 Å². The smallest absolute Gasteiger partial charge is 0.225 e. The maximum atomic E-state index is 12.2. The van der Waals surface area contributed by atoms with Gasteiger partial charge in [0.15, 0.2) is 0 Å². The molecular formula is C18H19ClN2O2S. The first-order valence-corrected chi connectivity index (χ1v) is 9.37. The third-order valence-corrected chi connectivity index (χ3v) is 6.12. The fourth-order valence-electron chi connectivity index (χ4n) is 3.62. The number of nitrogens with zero attached hydrogens (tertiary/aromatic N) is 1. The zero-order valence-corrected chi connectivity index (χ0v) is 15.0. The van der Waals surface area contributed by atoms with Crippen LogP contribution in [0.25, 0.3) is 0 Å². The number of rotatable bonds is 3. The number of hydrogen-bond acceptors (Lipinski definition) is 4. The number of methoxy groups -OCH3 is 1. The van der Waals surface area contributed by atoms with Crippen LogP contribution in [-0.4, -0.2) is 26.1 Å². The molecule has 1 fully saturated rings. The van der Waals surface area contributed by atoms with Gasteiger partial charge in [0, 0.05) is 42.1 Å². The monoisotopic (exact) mass is 362 g/mol. The summed E-state index contributed by atoms with van der Waals surface area (Å²) in [5.74, 6) is 0.910. The first-order valence-electron chi connectivity index (χ1n) is 8.17. The van der Waals surface area contributed by atoms with Gasteiger partial charge in [-0.3, -0.25) is 4.79 Å². The van der Waals surface area contributed by atoms with E-state index in [0.717, 1.165) is 45.0 Å². The van der Waals surface area contributed by atoms with E-state index in [2.05, 4.69) is 16.3 Å². The average molecular weight is 363 g/mol. The molecule has 1 aromatic heterocycles. The molecule has 1 N–H and O–H groups in total. The Kier molecular flexibility index (Phi) is 4.14. The Morgan fingerprint density at radius 3 is 2.75 bits per heavy atom. The molecular weight excluding hydrogens is 344 g/mol. The predicted molar refractivity (Wildman–Crippen MR) is 98.9 cm³/mol. The summed E-state index contributed by atoms with van der Waals surface area (Å²) in [6.07, 6.45) is 2.87. The second kappa shape index (κ2) is 6.30. The van der Waals surface area contributed by atoms with Crippen molar-refractivity contribution in [2.75, 3.05) is 30.4 Å². The van der Waals surface area contributed by atoms with E-state index in [4.69, 9.17) is 16.3 Å². The van der Waals surface area contributed by atoms with Crippen molar-refractivity contribution in [2.24, 2.45) is 0 Å². The Bertz CT molecular complexity index is 783. The maximum absolute atomic E-state index is 12.2. The summed E-state index contributed by atoms with van der Waals surface area (Å²) in [5.41, 5.74) is 3.12. The lowest BCUT2D eigenvalue weighted by molar-refractivity contribution is -0.116. The molecule has 0 aliphatic carbocycles. The fraction of sp³-hybridized carbons (Fsp3) is 0.389. The summed E-state index contributed by atoms with van der Waals surface area (Å²) in [6.45, 7) is 2.11. The molecule has 2 aliphatic rings. The number of carbonyl (C=O) groups is 1. The zero-order valence-electron chi connectivity index (χ0n) is 13.5. The van der Waals surface area contributed by atoms with Crippen LogP contribution in [0.2, 0.25) is 4.34 Å². The fourth-order valence-corrected chi connectivity index (χ4v) is 4.80. The van der Waals surface area contributed by atoms with Crippen molar-refractivity contribution in [1.82, 2.24) is 0 Å². The lowest BCUT2D eigenvalue weighted by Gasteiger charge is -2.29. The summed E-state index contributed by atoms with van der Waals surface area (Å²) in [6, 6.07) is 8.08. The van der Waals surface area contributed by atoms with Crippen LogP contribution in [0.3, 0.4) is 0 Å². The molecule has 1 unspecified atom stereocenters. The summed E-state index contributed by atoms with van der Waals surface area (Å²) in [5, 5.41) is 2.99. The molecule has 24 heavy (non-hydrogen) atoms. The van der Waals surface area contributed by atoms with E-state index in [-0.39, 0.29) is 11.8 Å².